The van der Waals surface area contributed by atoms with Crippen LogP contribution in [0, 0.1) is 0 Å². The van der Waals surface area contributed by atoms with Crippen LogP contribution in [0.2, 0.25) is 0 Å². The Morgan fingerprint density at radius 1 is 1.10 bits per heavy atom. The maximum atomic E-state index is 12.6. The molecule has 6 nitrogen and oxygen atoms in total. The van der Waals surface area contributed by atoms with E-state index in [0.717, 1.165) is 3.97 Å². The molecular formula is C14H10N2O4S. The van der Waals surface area contributed by atoms with Crippen molar-refractivity contribution >= 4 is 27.0 Å². The summed E-state index contributed by atoms with van der Waals surface area (Å²) in [5, 5.41) is 9.23. The number of pyridine rings is 1. The molecule has 2 aromatic heterocycles. The van der Waals surface area contributed by atoms with Gasteiger partial charge in [-0.25, -0.2) is 17.2 Å². The number of rotatable bonds is 3. The Morgan fingerprint density at radius 3 is 2.48 bits per heavy atom. The first-order chi connectivity index (χ1) is 10.0. The topological polar surface area (TPSA) is 89.3 Å². The Morgan fingerprint density at radius 2 is 1.81 bits per heavy atom. The second-order valence-electron chi connectivity index (χ2n) is 4.33. The molecule has 0 saturated carbocycles. The van der Waals surface area contributed by atoms with Crippen LogP contribution in [0.3, 0.4) is 0 Å². The number of fused-ring (bicyclic) bond motifs is 1. The average molecular weight is 302 g/mol. The lowest BCUT2D eigenvalue weighted by Gasteiger charge is -2.08. The minimum atomic E-state index is -3.86. The fourth-order valence-corrected chi connectivity index (χ4v) is 3.50. The second-order valence-corrected chi connectivity index (χ2v) is 6.14. The number of benzene rings is 1. The summed E-state index contributed by atoms with van der Waals surface area (Å²) in [7, 11) is -3.86. The maximum Gasteiger partial charge on any atom is 0.337 e. The number of hydrogen-bond acceptors (Lipinski definition) is 4. The van der Waals surface area contributed by atoms with E-state index in [1.807, 2.05) is 0 Å². The van der Waals surface area contributed by atoms with Crippen molar-refractivity contribution in [3.05, 3.63) is 60.4 Å². The lowest BCUT2D eigenvalue weighted by Crippen LogP contribution is -2.13. The summed E-state index contributed by atoms with van der Waals surface area (Å²) < 4.78 is 26.2. The molecule has 0 radical (unpaired) electrons. The van der Waals surface area contributed by atoms with Crippen LogP contribution in [-0.4, -0.2) is 28.5 Å². The van der Waals surface area contributed by atoms with Gasteiger partial charge in [-0.1, -0.05) is 18.2 Å². The highest BCUT2D eigenvalue weighted by molar-refractivity contribution is 7.90. The summed E-state index contributed by atoms with van der Waals surface area (Å²) >= 11 is 0. The molecule has 1 N–H and O–H groups in total. The molecule has 0 fully saturated rings. The first-order valence-corrected chi connectivity index (χ1v) is 7.46. The molecule has 0 spiro atoms. The molecule has 7 heteroatoms. The molecule has 106 valence electrons. The van der Waals surface area contributed by atoms with E-state index in [1.54, 1.807) is 18.2 Å². The number of carboxylic acids is 1. The van der Waals surface area contributed by atoms with Crippen LogP contribution in [0.25, 0.3) is 11.0 Å². The van der Waals surface area contributed by atoms with Crippen LogP contribution in [0.5, 0.6) is 0 Å². The van der Waals surface area contributed by atoms with E-state index in [0.29, 0.717) is 5.52 Å². The van der Waals surface area contributed by atoms with Gasteiger partial charge in [0, 0.05) is 12.4 Å². The van der Waals surface area contributed by atoms with E-state index in [4.69, 9.17) is 0 Å². The van der Waals surface area contributed by atoms with Crippen LogP contribution >= 0.6 is 0 Å². The molecule has 0 atom stereocenters. The van der Waals surface area contributed by atoms with Gasteiger partial charge in [-0.3, -0.25) is 4.98 Å². The van der Waals surface area contributed by atoms with Gasteiger partial charge >= 0.3 is 5.97 Å². The van der Waals surface area contributed by atoms with E-state index in [1.165, 1.54) is 36.7 Å². The van der Waals surface area contributed by atoms with Crippen molar-refractivity contribution in [1.29, 1.82) is 0 Å². The van der Waals surface area contributed by atoms with Crippen molar-refractivity contribution in [3.63, 3.8) is 0 Å². The van der Waals surface area contributed by atoms with Gasteiger partial charge in [0.1, 0.15) is 0 Å². The van der Waals surface area contributed by atoms with Gasteiger partial charge in [0.15, 0.2) is 0 Å². The Balaban J connectivity index is 2.34. The SMILES string of the molecule is O=C(O)c1ccnc2ccn(S(=O)(=O)c3ccccc3)c12. The largest absolute Gasteiger partial charge is 0.478 e. The number of aromatic carboxylic acids is 1. The van der Waals surface area contributed by atoms with Gasteiger partial charge in [-0.05, 0) is 24.3 Å². The highest BCUT2D eigenvalue weighted by Gasteiger charge is 2.22. The highest BCUT2D eigenvalue weighted by Crippen LogP contribution is 2.23. The van der Waals surface area contributed by atoms with Crippen molar-refractivity contribution in [1.82, 2.24) is 8.96 Å². The monoisotopic (exact) mass is 302 g/mol. The van der Waals surface area contributed by atoms with Gasteiger partial charge in [-0.2, -0.15) is 0 Å². The fraction of sp³-hybridized carbons (Fsp3) is 0. The molecule has 0 aliphatic heterocycles. The van der Waals surface area contributed by atoms with Crippen LogP contribution in [0.1, 0.15) is 10.4 Å². The summed E-state index contributed by atoms with van der Waals surface area (Å²) in [6.07, 6.45) is 2.65. The summed E-state index contributed by atoms with van der Waals surface area (Å²) in [6.45, 7) is 0. The third-order valence-corrected chi connectivity index (χ3v) is 4.76. The Hall–Kier alpha value is -2.67. The predicted molar refractivity (Wildman–Crippen MR) is 75.7 cm³/mol. The zero-order valence-corrected chi connectivity index (χ0v) is 11.5. The van der Waals surface area contributed by atoms with Crippen LogP contribution < -0.4 is 0 Å². The normalized spacial score (nSPS) is 11.6. The van der Waals surface area contributed by atoms with Crippen molar-refractivity contribution in [2.75, 3.05) is 0 Å². The van der Waals surface area contributed by atoms with E-state index in [2.05, 4.69) is 4.98 Å². The van der Waals surface area contributed by atoms with Gasteiger partial charge in [0.2, 0.25) is 0 Å². The molecule has 1 aromatic carbocycles. The van der Waals surface area contributed by atoms with E-state index in [-0.39, 0.29) is 16.0 Å². The van der Waals surface area contributed by atoms with Gasteiger partial charge < -0.3 is 5.11 Å². The smallest absolute Gasteiger partial charge is 0.337 e. The minimum absolute atomic E-state index is 0.0638. The zero-order chi connectivity index (χ0) is 15.0. The quantitative estimate of drug-likeness (QED) is 0.799. The summed E-state index contributed by atoms with van der Waals surface area (Å²) in [5.41, 5.74) is 0.271. The number of carbonyl (C=O) groups is 1. The average Bonchev–Trinajstić information content (AvgIpc) is 2.92. The zero-order valence-electron chi connectivity index (χ0n) is 10.7. The molecule has 21 heavy (non-hydrogen) atoms. The predicted octanol–water partition coefficient (Wildman–Crippen LogP) is 1.97. The lowest BCUT2D eigenvalue weighted by atomic mass is 10.2. The van der Waals surface area contributed by atoms with Crippen molar-refractivity contribution in [3.8, 4) is 0 Å². The van der Waals surface area contributed by atoms with Gasteiger partial charge in [-0.15, -0.1) is 0 Å². The van der Waals surface area contributed by atoms with Gasteiger partial charge in [0.05, 0.1) is 21.5 Å². The maximum absolute atomic E-state index is 12.6. The molecule has 2 heterocycles. The Bertz CT molecular complexity index is 930. The fourth-order valence-electron chi connectivity index (χ4n) is 2.12. The number of nitrogens with zero attached hydrogens (tertiary/aromatic N) is 2. The molecule has 0 aliphatic carbocycles. The van der Waals surface area contributed by atoms with E-state index < -0.39 is 16.0 Å². The molecule has 0 unspecified atom stereocenters. The van der Waals surface area contributed by atoms with Crippen LogP contribution in [0.4, 0.5) is 0 Å². The van der Waals surface area contributed by atoms with Crippen LogP contribution in [-0.2, 0) is 10.0 Å². The summed E-state index contributed by atoms with van der Waals surface area (Å²) in [4.78, 5) is 15.4. The Kier molecular flexibility index (Phi) is 2.99. The van der Waals surface area contributed by atoms with Crippen LogP contribution in [0.15, 0.2) is 59.8 Å². The highest BCUT2D eigenvalue weighted by atomic mass is 32.2. The molecule has 0 saturated heterocycles. The van der Waals surface area contributed by atoms with E-state index in [9.17, 15) is 18.3 Å². The number of aromatic nitrogens is 2. The van der Waals surface area contributed by atoms with Gasteiger partial charge in [0.25, 0.3) is 10.0 Å². The second kappa shape index (κ2) is 4.71. The van der Waals surface area contributed by atoms with Crippen molar-refractivity contribution < 1.29 is 18.3 Å². The van der Waals surface area contributed by atoms with Crippen molar-refractivity contribution in [2.24, 2.45) is 0 Å². The Labute approximate surface area is 120 Å². The lowest BCUT2D eigenvalue weighted by molar-refractivity contribution is 0.0698. The standard InChI is InChI=1S/C14H10N2O4S/c17-14(18)11-6-8-15-12-7-9-16(13(11)12)21(19,20)10-4-2-1-3-5-10/h1-9H,(H,17,18). The minimum Gasteiger partial charge on any atom is -0.478 e. The number of hydrogen-bond donors (Lipinski definition) is 1. The molecule has 0 aliphatic rings. The molecule has 0 amide bonds. The van der Waals surface area contributed by atoms with Crippen molar-refractivity contribution in [2.45, 2.75) is 4.90 Å². The first-order valence-electron chi connectivity index (χ1n) is 6.02. The number of carboxylic acid groups (broad SMARTS) is 1. The summed E-state index contributed by atoms with van der Waals surface area (Å²) in [5.74, 6) is -1.20. The summed E-state index contributed by atoms with van der Waals surface area (Å²) in [6, 6.07) is 10.6. The molecule has 0 bridgehead atoms. The third kappa shape index (κ3) is 2.07. The first kappa shape index (κ1) is 13.3. The molecular weight excluding hydrogens is 292 g/mol. The molecule has 3 aromatic rings. The molecule has 3 rings (SSSR count). The van der Waals surface area contributed by atoms with E-state index >= 15 is 0 Å². The third-order valence-electron chi connectivity index (χ3n) is 3.07.